The Morgan fingerprint density at radius 3 is 2.41 bits per heavy atom. The first-order valence-electron chi connectivity index (χ1n) is 5.46. The minimum atomic E-state index is -1.19. The molecule has 0 spiro atoms. The predicted molar refractivity (Wildman–Crippen MR) is 62.5 cm³/mol. The maximum Gasteiger partial charge on any atom is 0.243 e. The van der Waals surface area contributed by atoms with Gasteiger partial charge in [-0.2, -0.15) is 0 Å². The van der Waals surface area contributed by atoms with Gasteiger partial charge in [-0.05, 0) is 12.1 Å². The third-order valence-electron chi connectivity index (χ3n) is 3.04. The number of nitrogens with zero attached hydrogens (tertiary/aromatic N) is 1. The molecule has 1 aliphatic rings. The number of anilines is 1. The van der Waals surface area contributed by atoms with E-state index < -0.39 is 5.79 Å². The zero-order valence-electron chi connectivity index (χ0n) is 10.2. The Bertz CT molecular complexity index is 381. The molecule has 0 aromatic heterocycles. The number of nitrogens with two attached hydrogens (primary N) is 1. The molecule has 17 heavy (non-hydrogen) atoms. The second kappa shape index (κ2) is 4.94. The summed E-state index contributed by atoms with van der Waals surface area (Å²) in [4.78, 5) is 0. The van der Waals surface area contributed by atoms with Crippen LogP contribution in [0.5, 0.6) is 0 Å². The number of quaternary nitrogens is 1. The number of aliphatic hydroxyl groups is 1. The van der Waals surface area contributed by atoms with Crippen molar-refractivity contribution in [3.63, 3.8) is 0 Å². The number of hydrogen-bond acceptors (Lipinski definition) is 3. The summed E-state index contributed by atoms with van der Waals surface area (Å²) in [6, 6.07) is 7.21. The van der Waals surface area contributed by atoms with Crippen LogP contribution >= 0.6 is 0 Å². The Labute approximate surface area is 112 Å². The summed E-state index contributed by atoms with van der Waals surface area (Å²) in [5, 5.41) is 10.5. The van der Waals surface area contributed by atoms with Gasteiger partial charge in [-0.15, -0.1) is 0 Å². The second-order valence-corrected chi connectivity index (χ2v) is 5.07. The van der Waals surface area contributed by atoms with Gasteiger partial charge in [0.05, 0.1) is 20.7 Å². The zero-order chi connectivity index (χ0) is 11.8. The second-order valence-electron chi connectivity index (χ2n) is 5.07. The van der Waals surface area contributed by atoms with Crippen molar-refractivity contribution in [2.75, 3.05) is 39.5 Å². The number of hydrogen-bond donors (Lipinski definition) is 2. The summed E-state index contributed by atoms with van der Waals surface area (Å²) in [7, 11) is 4.18. The lowest BCUT2D eigenvalue weighted by Gasteiger charge is -2.42. The van der Waals surface area contributed by atoms with Crippen LogP contribution < -0.4 is 22.7 Å². The molecule has 96 valence electrons. The number of likely N-dealkylation sites (N-methyl/N-ethyl adjacent to an activating group) is 1. The standard InChI is InChI=1S/C12H19N2O2.BrH/c1-14(2)7-8-16-12(15,9-14)10-3-5-11(13)6-4-10;/h3-6,15H,7-9,13H2,1-2H3;1H/q+1;/p-1/t12-;/m1./s1. The van der Waals surface area contributed by atoms with Crippen molar-refractivity contribution in [2.45, 2.75) is 5.79 Å². The summed E-state index contributed by atoms with van der Waals surface area (Å²) < 4.78 is 6.28. The molecular weight excluding hydrogens is 284 g/mol. The quantitative estimate of drug-likeness (QED) is 0.446. The van der Waals surface area contributed by atoms with Crippen LogP contribution in [0.2, 0.25) is 0 Å². The molecule has 1 saturated heterocycles. The molecule has 2 rings (SSSR count). The zero-order valence-corrected chi connectivity index (χ0v) is 11.8. The number of rotatable bonds is 1. The van der Waals surface area contributed by atoms with Crippen LogP contribution in [-0.2, 0) is 10.5 Å². The van der Waals surface area contributed by atoms with Crippen LogP contribution in [0, 0.1) is 0 Å². The molecule has 0 unspecified atom stereocenters. The van der Waals surface area contributed by atoms with Crippen molar-refractivity contribution in [3.8, 4) is 0 Å². The van der Waals surface area contributed by atoms with E-state index in [-0.39, 0.29) is 17.0 Å². The van der Waals surface area contributed by atoms with Crippen LogP contribution in [0.15, 0.2) is 24.3 Å². The van der Waals surface area contributed by atoms with Crippen LogP contribution in [0.4, 0.5) is 5.69 Å². The third-order valence-corrected chi connectivity index (χ3v) is 3.04. The van der Waals surface area contributed by atoms with Gasteiger partial charge in [0.25, 0.3) is 0 Å². The van der Waals surface area contributed by atoms with Crippen molar-refractivity contribution in [1.82, 2.24) is 0 Å². The van der Waals surface area contributed by atoms with E-state index in [9.17, 15) is 5.11 Å². The molecular formula is C12H19BrN2O2. The molecule has 1 aromatic rings. The summed E-state index contributed by atoms with van der Waals surface area (Å²) >= 11 is 0. The normalized spacial score (nSPS) is 27.2. The molecule has 0 radical (unpaired) electrons. The molecule has 0 aliphatic carbocycles. The molecule has 3 N–H and O–H groups in total. The summed E-state index contributed by atoms with van der Waals surface area (Å²) in [6.45, 7) is 2.03. The molecule has 5 heteroatoms. The highest BCUT2D eigenvalue weighted by atomic mass is 79.9. The van der Waals surface area contributed by atoms with Gasteiger partial charge in [0, 0.05) is 11.3 Å². The number of morpholine rings is 1. The molecule has 0 bridgehead atoms. The van der Waals surface area contributed by atoms with E-state index in [1.54, 1.807) is 12.1 Å². The summed E-state index contributed by atoms with van der Waals surface area (Å²) in [6.07, 6.45) is 0. The molecule has 1 aliphatic heterocycles. The van der Waals surface area contributed by atoms with E-state index >= 15 is 0 Å². The minimum Gasteiger partial charge on any atom is -1.00 e. The van der Waals surface area contributed by atoms with Crippen LogP contribution in [0.3, 0.4) is 0 Å². The van der Waals surface area contributed by atoms with Gasteiger partial charge >= 0.3 is 0 Å². The van der Waals surface area contributed by atoms with E-state index in [4.69, 9.17) is 10.5 Å². The highest BCUT2D eigenvalue weighted by Crippen LogP contribution is 2.29. The minimum absolute atomic E-state index is 0. The van der Waals surface area contributed by atoms with Gasteiger partial charge in [-0.1, -0.05) is 12.1 Å². The van der Waals surface area contributed by atoms with Crippen LogP contribution in [-0.4, -0.2) is 43.4 Å². The topological polar surface area (TPSA) is 55.5 Å². The van der Waals surface area contributed by atoms with Crippen molar-refractivity contribution in [3.05, 3.63) is 29.8 Å². The molecule has 1 atom stereocenters. The van der Waals surface area contributed by atoms with Gasteiger partial charge in [0.15, 0.2) is 0 Å². The molecule has 0 saturated carbocycles. The van der Waals surface area contributed by atoms with E-state index in [1.807, 2.05) is 12.1 Å². The van der Waals surface area contributed by atoms with Crippen molar-refractivity contribution < 1.29 is 31.3 Å². The van der Waals surface area contributed by atoms with E-state index in [0.29, 0.717) is 18.8 Å². The number of ether oxygens (including phenoxy) is 1. The number of benzene rings is 1. The van der Waals surface area contributed by atoms with Crippen LogP contribution in [0.1, 0.15) is 5.56 Å². The fourth-order valence-corrected chi connectivity index (χ4v) is 2.08. The monoisotopic (exact) mass is 302 g/mol. The highest BCUT2D eigenvalue weighted by Gasteiger charge is 2.42. The highest BCUT2D eigenvalue weighted by molar-refractivity contribution is 5.40. The fourth-order valence-electron chi connectivity index (χ4n) is 2.08. The predicted octanol–water partition coefficient (Wildman–Crippen LogP) is -2.48. The first-order chi connectivity index (χ1) is 7.41. The molecule has 1 heterocycles. The maximum atomic E-state index is 10.5. The van der Waals surface area contributed by atoms with Crippen molar-refractivity contribution >= 4 is 5.69 Å². The molecule has 1 fully saturated rings. The SMILES string of the molecule is C[N+]1(C)CCO[C@@](O)(c2ccc(N)cc2)C1.[Br-]. The first kappa shape index (κ1) is 14.4. The number of halogens is 1. The van der Waals surface area contributed by atoms with E-state index in [2.05, 4.69) is 14.1 Å². The van der Waals surface area contributed by atoms with Crippen molar-refractivity contribution in [2.24, 2.45) is 0 Å². The Morgan fingerprint density at radius 2 is 1.88 bits per heavy atom. The molecule has 4 nitrogen and oxygen atoms in total. The Balaban J connectivity index is 0.00000144. The lowest BCUT2D eigenvalue weighted by molar-refractivity contribution is -0.912. The lowest BCUT2D eigenvalue weighted by atomic mass is 10.0. The number of nitrogen functional groups attached to an aromatic ring is 1. The maximum absolute atomic E-state index is 10.5. The summed E-state index contributed by atoms with van der Waals surface area (Å²) in [5.41, 5.74) is 7.09. The van der Waals surface area contributed by atoms with Crippen molar-refractivity contribution in [1.29, 1.82) is 0 Å². The fraction of sp³-hybridized carbons (Fsp3) is 0.500. The van der Waals surface area contributed by atoms with Gasteiger partial charge in [-0.3, -0.25) is 0 Å². The largest absolute Gasteiger partial charge is 1.00 e. The first-order valence-corrected chi connectivity index (χ1v) is 5.46. The smallest absolute Gasteiger partial charge is 0.243 e. The third kappa shape index (κ3) is 3.19. The van der Waals surface area contributed by atoms with Gasteiger partial charge < -0.3 is 37.0 Å². The van der Waals surface area contributed by atoms with E-state index in [0.717, 1.165) is 16.6 Å². The van der Waals surface area contributed by atoms with Gasteiger partial charge in [-0.25, -0.2) is 0 Å². The Morgan fingerprint density at radius 1 is 1.29 bits per heavy atom. The van der Waals surface area contributed by atoms with Gasteiger partial charge in [0.1, 0.15) is 13.1 Å². The van der Waals surface area contributed by atoms with Gasteiger partial charge in [0.2, 0.25) is 5.79 Å². The lowest BCUT2D eigenvalue weighted by Crippen LogP contribution is -3.00. The Hall–Kier alpha value is -0.620. The average Bonchev–Trinajstić information content (AvgIpc) is 2.16. The summed E-state index contributed by atoms with van der Waals surface area (Å²) in [5.74, 6) is -1.19. The Kier molecular flexibility index (Phi) is 4.19. The van der Waals surface area contributed by atoms with E-state index in [1.165, 1.54) is 0 Å². The average molecular weight is 303 g/mol. The molecule has 0 amide bonds. The van der Waals surface area contributed by atoms with Crippen LogP contribution in [0.25, 0.3) is 0 Å². The molecule has 1 aromatic carbocycles.